The van der Waals surface area contributed by atoms with Gasteiger partial charge in [-0.25, -0.2) is 9.97 Å². The maximum Gasteiger partial charge on any atom is 0.213 e. The maximum atomic E-state index is 8.75. The molecule has 0 bridgehead atoms. The lowest BCUT2D eigenvalue weighted by Gasteiger charge is -2.07. The van der Waals surface area contributed by atoms with E-state index in [2.05, 4.69) is 15.3 Å². The zero-order valence-electron chi connectivity index (χ0n) is 9.92. The number of nitrogens with zero attached hydrogens (tertiary/aromatic N) is 3. The van der Waals surface area contributed by atoms with Gasteiger partial charge in [-0.1, -0.05) is 0 Å². The lowest BCUT2D eigenvalue weighted by Crippen LogP contribution is -1.96. The molecule has 2 aromatic heterocycles. The fraction of sp³-hybridized carbons (Fsp3) is 0.154. The molecule has 2 rings (SSSR count). The molecule has 0 aromatic carbocycles. The lowest BCUT2D eigenvalue weighted by molar-refractivity contribution is 0.327. The number of nitriles is 1. The topological polar surface area (TPSA) is 70.8 Å². The third-order valence-electron chi connectivity index (χ3n) is 2.19. The Hall–Kier alpha value is -2.61. The zero-order valence-corrected chi connectivity index (χ0v) is 9.92. The Labute approximate surface area is 105 Å². The van der Waals surface area contributed by atoms with Gasteiger partial charge in [0.1, 0.15) is 11.8 Å². The summed E-state index contributed by atoms with van der Waals surface area (Å²) in [5, 5.41) is 11.9. The highest BCUT2D eigenvalue weighted by atomic mass is 16.5. The van der Waals surface area contributed by atoms with Crippen LogP contribution in [0.15, 0.2) is 36.7 Å². The van der Waals surface area contributed by atoms with E-state index in [9.17, 15) is 0 Å². The first kappa shape index (κ1) is 11.9. The predicted octanol–water partition coefficient (Wildman–Crippen LogP) is 2.49. The van der Waals surface area contributed by atoms with E-state index in [4.69, 9.17) is 10.00 Å². The molecule has 0 atom stereocenters. The van der Waals surface area contributed by atoms with Crippen molar-refractivity contribution in [3.05, 3.63) is 42.4 Å². The van der Waals surface area contributed by atoms with E-state index in [1.807, 2.05) is 19.1 Å². The second kappa shape index (κ2) is 5.64. The second-order valence-corrected chi connectivity index (χ2v) is 3.48. The molecule has 2 aromatic rings. The Kier molecular flexibility index (Phi) is 3.72. The molecule has 0 aliphatic heterocycles. The molecule has 18 heavy (non-hydrogen) atoms. The summed E-state index contributed by atoms with van der Waals surface area (Å²) >= 11 is 0. The number of rotatable bonds is 4. The molecule has 0 radical (unpaired) electrons. The summed E-state index contributed by atoms with van der Waals surface area (Å²) in [5.41, 5.74) is 2.00. The van der Waals surface area contributed by atoms with Crippen molar-refractivity contribution in [2.24, 2.45) is 0 Å². The van der Waals surface area contributed by atoms with Crippen LogP contribution in [0.1, 0.15) is 12.6 Å². The van der Waals surface area contributed by atoms with Crippen LogP contribution in [0.3, 0.4) is 0 Å². The summed E-state index contributed by atoms with van der Waals surface area (Å²) in [7, 11) is 0. The van der Waals surface area contributed by atoms with Crippen LogP contribution in [-0.2, 0) is 0 Å². The smallest absolute Gasteiger partial charge is 0.213 e. The zero-order chi connectivity index (χ0) is 12.8. The van der Waals surface area contributed by atoms with Crippen LogP contribution in [0.25, 0.3) is 0 Å². The number of ether oxygens (including phenoxy) is 1. The monoisotopic (exact) mass is 240 g/mol. The highest BCUT2D eigenvalue weighted by Crippen LogP contribution is 2.17. The van der Waals surface area contributed by atoms with Gasteiger partial charge in [0.15, 0.2) is 0 Å². The molecule has 0 amide bonds. The lowest BCUT2D eigenvalue weighted by atomic mass is 10.3. The largest absolute Gasteiger partial charge is 0.478 e. The number of anilines is 2. The van der Waals surface area contributed by atoms with Crippen molar-refractivity contribution >= 4 is 11.4 Å². The van der Waals surface area contributed by atoms with Crippen LogP contribution in [0.5, 0.6) is 5.88 Å². The van der Waals surface area contributed by atoms with Crippen molar-refractivity contribution < 1.29 is 4.74 Å². The molecule has 0 saturated carbocycles. The van der Waals surface area contributed by atoms with Gasteiger partial charge in [-0.05, 0) is 25.1 Å². The van der Waals surface area contributed by atoms with Crippen LogP contribution in [0.4, 0.5) is 11.4 Å². The van der Waals surface area contributed by atoms with Crippen molar-refractivity contribution in [1.29, 1.82) is 5.26 Å². The Bertz CT molecular complexity index is 560. The first-order valence-electron chi connectivity index (χ1n) is 5.54. The minimum Gasteiger partial charge on any atom is -0.478 e. The van der Waals surface area contributed by atoms with Crippen molar-refractivity contribution in [3.8, 4) is 11.9 Å². The number of hydrogen-bond donors (Lipinski definition) is 1. The van der Waals surface area contributed by atoms with Gasteiger partial charge in [-0.15, -0.1) is 0 Å². The van der Waals surface area contributed by atoms with Crippen LogP contribution in [-0.4, -0.2) is 16.6 Å². The normalized spacial score (nSPS) is 9.56. The first-order valence-corrected chi connectivity index (χ1v) is 5.54. The van der Waals surface area contributed by atoms with Crippen LogP contribution in [0.2, 0.25) is 0 Å². The van der Waals surface area contributed by atoms with E-state index >= 15 is 0 Å². The molecular weight excluding hydrogens is 228 g/mol. The Morgan fingerprint density at radius 2 is 2.17 bits per heavy atom. The summed E-state index contributed by atoms with van der Waals surface area (Å²) in [6.45, 7) is 2.50. The number of pyridine rings is 2. The van der Waals surface area contributed by atoms with E-state index in [1.54, 1.807) is 30.6 Å². The van der Waals surface area contributed by atoms with Gasteiger partial charge in [0.05, 0.1) is 18.5 Å². The molecule has 0 aliphatic rings. The molecular formula is C13H12N4O. The predicted molar refractivity (Wildman–Crippen MR) is 67.6 cm³/mol. The quantitative estimate of drug-likeness (QED) is 0.889. The van der Waals surface area contributed by atoms with Crippen molar-refractivity contribution in [1.82, 2.24) is 9.97 Å². The van der Waals surface area contributed by atoms with Gasteiger partial charge in [-0.2, -0.15) is 5.26 Å². The van der Waals surface area contributed by atoms with Crippen molar-refractivity contribution in [2.75, 3.05) is 11.9 Å². The molecule has 2 heterocycles. The highest BCUT2D eigenvalue weighted by molar-refractivity contribution is 5.59. The van der Waals surface area contributed by atoms with Crippen molar-refractivity contribution in [3.63, 3.8) is 0 Å². The molecule has 0 aliphatic carbocycles. The number of hydrogen-bond acceptors (Lipinski definition) is 5. The van der Waals surface area contributed by atoms with Gasteiger partial charge < -0.3 is 10.1 Å². The van der Waals surface area contributed by atoms with Crippen molar-refractivity contribution in [2.45, 2.75) is 6.92 Å². The molecule has 5 heteroatoms. The van der Waals surface area contributed by atoms with E-state index in [0.717, 1.165) is 11.4 Å². The Morgan fingerprint density at radius 1 is 1.28 bits per heavy atom. The highest BCUT2D eigenvalue weighted by Gasteiger charge is 1.99. The van der Waals surface area contributed by atoms with E-state index in [1.165, 1.54) is 0 Å². The fourth-order valence-corrected chi connectivity index (χ4v) is 1.42. The Balaban J connectivity index is 2.11. The minimum atomic E-state index is 0.374. The van der Waals surface area contributed by atoms with Gasteiger partial charge in [0.2, 0.25) is 5.88 Å². The third kappa shape index (κ3) is 2.95. The third-order valence-corrected chi connectivity index (χ3v) is 2.19. The first-order chi connectivity index (χ1) is 8.81. The average Bonchev–Trinajstić information content (AvgIpc) is 2.42. The van der Waals surface area contributed by atoms with Gasteiger partial charge in [0.25, 0.3) is 0 Å². The van der Waals surface area contributed by atoms with Gasteiger partial charge in [-0.3, -0.25) is 0 Å². The van der Waals surface area contributed by atoms with Crippen LogP contribution in [0, 0.1) is 11.3 Å². The van der Waals surface area contributed by atoms with E-state index < -0.39 is 0 Å². The van der Waals surface area contributed by atoms with Crippen LogP contribution < -0.4 is 10.1 Å². The summed E-state index contributed by atoms with van der Waals surface area (Å²) in [6, 6.07) is 9.11. The minimum absolute atomic E-state index is 0.374. The summed E-state index contributed by atoms with van der Waals surface area (Å²) in [4.78, 5) is 8.04. The second-order valence-electron chi connectivity index (χ2n) is 3.48. The number of nitrogens with one attached hydrogen (secondary N) is 1. The van der Waals surface area contributed by atoms with E-state index in [0.29, 0.717) is 18.2 Å². The molecule has 0 saturated heterocycles. The SMILES string of the molecule is CCOc1ccc(Nc2ccnc(C#N)c2)cn1. The summed E-state index contributed by atoms with van der Waals surface area (Å²) in [6.07, 6.45) is 3.26. The average molecular weight is 240 g/mol. The molecule has 0 unspecified atom stereocenters. The summed E-state index contributed by atoms with van der Waals surface area (Å²) < 4.78 is 5.26. The molecule has 1 N–H and O–H groups in total. The van der Waals surface area contributed by atoms with Gasteiger partial charge in [0, 0.05) is 18.0 Å². The van der Waals surface area contributed by atoms with Gasteiger partial charge >= 0.3 is 0 Å². The fourth-order valence-electron chi connectivity index (χ4n) is 1.42. The molecule has 90 valence electrons. The Morgan fingerprint density at radius 3 is 2.83 bits per heavy atom. The van der Waals surface area contributed by atoms with E-state index in [-0.39, 0.29) is 0 Å². The standard InChI is InChI=1S/C13H12N4O/c1-2-18-13-4-3-11(9-16-13)17-10-5-6-15-12(7-10)8-14/h3-7,9H,2H2,1H3,(H,15,17). The number of aromatic nitrogens is 2. The van der Waals surface area contributed by atoms with Crippen LogP contribution >= 0.6 is 0 Å². The molecule has 0 spiro atoms. The summed E-state index contributed by atoms with van der Waals surface area (Å²) in [5.74, 6) is 0.593. The molecule has 5 nitrogen and oxygen atoms in total. The molecule has 0 fully saturated rings. The maximum absolute atomic E-state index is 8.75.